The molecule has 0 saturated carbocycles. The van der Waals surface area contributed by atoms with Gasteiger partial charge in [-0.05, 0) is 46.7 Å². The Bertz CT molecular complexity index is 924. The highest BCUT2D eigenvalue weighted by molar-refractivity contribution is 7.98. The Balaban J connectivity index is 2.07. The van der Waals surface area contributed by atoms with Crippen LogP contribution in [0.5, 0.6) is 0 Å². The van der Waals surface area contributed by atoms with E-state index in [9.17, 15) is 0 Å². The number of hydrogen-bond donors (Lipinski definition) is 1. The zero-order valence-electron chi connectivity index (χ0n) is 13.1. The first-order chi connectivity index (χ1) is 11.2. The summed E-state index contributed by atoms with van der Waals surface area (Å²) in [6, 6.07) is 10.6. The van der Waals surface area contributed by atoms with Crippen LogP contribution in [0.3, 0.4) is 0 Å². The van der Waals surface area contributed by atoms with Crippen LogP contribution in [-0.2, 0) is 18.0 Å². The highest BCUT2D eigenvalue weighted by Gasteiger charge is 2.18. The van der Waals surface area contributed by atoms with Crippen molar-refractivity contribution in [2.75, 3.05) is 12.0 Å². The molecular formula is C18H17N3OS. The van der Waals surface area contributed by atoms with Crippen molar-refractivity contribution < 1.29 is 4.74 Å². The molecule has 1 aliphatic heterocycles. The van der Waals surface area contributed by atoms with Crippen LogP contribution < -0.4 is 5.73 Å². The number of hydrogen-bond acceptors (Lipinski definition) is 5. The molecular weight excluding hydrogens is 306 g/mol. The topological polar surface area (TPSA) is 61.0 Å². The minimum atomic E-state index is 0.315. The molecule has 4 nitrogen and oxygen atoms in total. The number of ether oxygens (including phenoxy) is 1. The minimum Gasteiger partial charge on any atom is -0.372 e. The first-order valence-electron chi connectivity index (χ1n) is 7.48. The zero-order valence-corrected chi connectivity index (χ0v) is 13.9. The van der Waals surface area contributed by atoms with Crippen LogP contribution in [0.4, 0.5) is 5.95 Å². The third-order valence-electron chi connectivity index (χ3n) is 4.23. The van der Waals surface area contributed by atoms with Crippen LogP contribution in [0, 0.1) is 6.92 Å². The molecule has 0 saturated heterocycles. The predicted molar refractivity (Wildman–Crippen MR) is 94.4 cm³/mol. The SMILES string of the molecule is CSc1cc(-c2c(C)cc3c4c(cccc24)COC3)nc(N)n1. The molecule has 5 heteroatoms. The molecule has 23 heavy (non-hydrogen) atoms. The summed E-state index contributed by atoms with van der Waals surface area (Å²) in [5, 5.41) is 3.39. The van der Waals surface area contributed by atoms with Crippen molar-refractivity contribution in [1.82, 2.24) is 9.97 Å². The molecule has 2 heterocycles. The van der Waals surface area contributed by atoms with Gasteiger partial charge in [0.05, 0.1) is 18.9 Å². The van der Waals surface area contributed by atoms with Gasteiger partial charge in [-0.2, -0.15) is 0 Å². The van der Waals surface area contributed by atoms with E-state index in [1.54, 1.807) is 11.8 Å². The van der Waals surface area contributed by atoms with Gasteiger partial charge in [-0.25, -0.2) is 9.97 Å². The van der Waals surface area contributed by atoms with E-state index in [0.717, 1.165) is 16.3 Å². The van der Waals surface area contributed by atoms with Gasteiger partial charge in [0, 0.05) is 5.56 Å². The Labute approximate surface area is 139 Å². The molecule has 0 fully saturated rings. The molecule has 0 aliphatic carbocycles. The average molecular weight is 323 g/mol. The van der Waals surface area contributed by atoms with Gasteiger partial charge in [0.15, 0.2) is 0 Å². The number of aryl methyl sites for hydroxylation is 1. The van der Waals surface area contributed by atoms with Crippen molar-refractivity contribution in [2.45, 2.75) is 25.2 Å². The van der Waals surface area contributed by atoms with E-state index in [2.05, 4.69) is 41.2 Å². The second kappa shape index (κ2) is 5.51. The van der Waals surface area contributed by atoms with E-state index in [1.807, 2.05) is 12.3 Å². The smallest absolute Gasteiger partial charge is 0.221 e. The van der Waals surface area contributed by atoms with Crippen molar-refractivity contribution in [3.05, 3.63) is 47.0 Å². The number of nitrogens with two attached hydrogens (primary N) is 1. The maximum absolute atomic E-state index is 5.91. The van der Waals surface area contributed by atoms with Gasteiger partial charge in [0.25, 0.3) is 0 Å². The lowest BCUT2D eigenvalue weighted by atomic mass is 9.90. The van der Waals surface area contributed by atoms with Crippen molar-refractivity contribution >= 4 is 28.5 Å². The summed E-state index contributed by atoms with van der Waals surface area (Å²) in [6.45, 7) is 3.44. The van der Waals surface area contributed by atoms with Crippen LogP contribution in [0.15, 0.2) is 35.4 Å². The number of benzene rings is 2. The fraction of sp³-hybridized carbons (Fsp3) is 0.222. The largest absolute Gasteiger partial charge is 0.372 e. The molecule has 0 bridgehead atoms. The van der Waals surface area contributed by atoms with Gasteiger partial charge < -0.3 is 10.5 Å². The Morgan fingerprint density at radius 2 is 1.96 bits per heavy atom. The van der Waals surface area contributed by atoms with Gasteiger partial charge >= 0.3 is 0 Å². The molecule has 1 aliphatic rings. The Kier molecular flexibility index (Phi) is 3.47. The second-order valence-electron chi connectivity index (χ2n) is 5.71. The lowest BCUT2D eigenvalue weighted by Crippen LogP contribution is -2.06. The summed E-state index contributed by atoms with van der Waals surface area (Å²) in [7, 11) is 0. The Morgan fingerprint density at radius 3 is 2.78 bits per heavy atom. The van der Waals surface area contributed by atoms with E-state index in [-0.39, 0.29) is 0 Å². The van der Waals surface area contributed by atoms with E-state index in [1.165, 1.54) is 27.5 Å². The van der Waals surface area contributed by atoms with Crippen molar-refractivity contribution in [3.8, 4) is 11.3 Å². The quantitative estimate of drug-likeness (QED) is 0.572. The number of nitrogen functional groups attached to an aromatic ring is 1. The molecule has 116 valence electrons. The molecule has 0 atom stereocenters. The zero-order chi connectivity index (χ0) is 16.0. The van der Waals surface area contributed by atoms with Gasteiger partial charge in [-0.3, -0.25) is 0 Å². The average Bonchev–Trinajstić information content (AvgIpc) is 2.54. The maximum Gasteiger partial charge on any atom is 0.221 e. The van der Waals surface area contributed by atoms with E-state index < -0.39 is 0 Å². The highest BCUT2D eigenvalue weighted by Crippen LogP contribution is 2.38. The van der Waals surface area contributed by atoms with Gasteiger partial charge in [-0.15, -0.1) is 11.8 Å². The number of aromatic nitrogens is 2. The van der Waals surface area contributed by atoms with Crippen LogP contribution in [0.25, 0.3) is 22.0 Å². The first-order valence-corrected chi connectivity index (χ1v) is 8.70. The third-order valence-corrected chi connectivity index (χ3v) is 4.85. The number of anilines is 1. The monoisotopic (exact) mass is 323 g/mol. The number of thioether (sulfide) groups is 1. The normalized spacial score (nSPS) is 13.5. The molecule has 0 amide bonds. The third kappa shape index (κ3) is 2.36. The van der Waals surface area contributed by atoms with Gasteiger partial charge in [-0.1, -0.05) is 24.3 Å². The molecule has 0 radical (unpaired) electrons. The summed E-state index contributed by atoms with van der Waals surface area (Å²) >= 11 is 1.57. The Hall–Kier alpha value is -2.11. The molecule has 4 rings (SSSR count). The van der Waals surface area contributed by atoms with Crippen LogP contribution in [-0.4, -0.2) is 16.2 Å². The first kappa shape index (κ1) is 14.5. The maximum atomic E-state index is 5.91. The predicted octanol–water partition coefficient (Wildman–Crippen LogP) is 3.94. The van der Waals surface area contributed by atoms with Gasteiger partial charge in [0.2, 0.25) is 5.95 Å². The summed E-state index contributed by atoms with van der Waals surface area (Å²) in [5.74, 6) is 0.315. The van der Waals surface area contributed by atoms with Crippen LogP contribution >= 0.6 is 11.8 Å². The Morgan fingerprint density at radius 1 is 1.13 bits per heavy atom. The molecule has 1 aromatic heterocycles. The fourth-order valence-corrected chi connectivity index (χ4v) is 3.74. The van der Waals surface area contributed by atoms with E-state index in [4.69, 9.17) is 10.5 Å². The minimum absolute atomic E-state index is 0.315. The fourth-order valence-electron chi connectivity index (χ4n) is 3.33. The molecule has 0 unspecified atom stereocenters. The summed E-state index contributed by atoms with van der Waals surface area (Å²) in [6.07, 6.45) is 1.99. The molecule has 2 N–H and O–H groups in total. The van der Waals surface area contributed by atoms with Crippen LogP contribution in [0.2, 0.25) is 0 Å². The standard InChI is InChI=1S/C18H17N3OS/c1-10-6-12-9-22-8-11-4-3-5-13(17(11)12)16(10)14-7-15(23-2)21-18(19)20-14/h3-7H,8-9H2,1-2H3,(H2,19,20,21). The van der Waals surface area contributed by atoms with Crippen molar-refractivity contribution in [1.29, 1.82) is 0 Å². The van der Waals surface area contributed by atoms with Crippen molar-refractivity contribution in [3.63, 3.8) is 0 Å². The number of nitrogens with zero attached hydrogens (tertiary/aromatic N) is 2. The lowest BCUT2D eigenvalue weighted by Gasteiger charge is -2.21. The highest BCUT2D eigenvalue weighted by atomic mass is 32.2. The second-order valence-corrected chi connectivity index (χ2v) is 6.54. The molecule has 0 spiro atoms. The summed E-state index contributed by atoms with van der Waals surface area (Å²) < 4.78 is 5.69. The lowest BCUT2D eigenvalue weighted by molar-refractivity contribution is 0.103. The summed E-state index contributed by atoms with van der Waals surface area (Å²) in [5.41, 5.74) is 11.6. The van der Waals surface area contributed by atoms with E-state index >= 15 is 0 Å². The molecule has 3 aromatic rings. The molecule has 2 aromatic carbocycles. The van der Waals surface area contributed by atoms with Gasteiger partial charge in [0.1, 0.15) is 5.03 Å². The van der Waals surface area contributed by atoms with Crippen molar-refractivity contribution in [2.24, 2.45) is 0 Å². The summed E-state index contributed by atoms with van der Waals surface area (Å²) in [4.78, 5) is 8.75. The van der Waals surface area contributed by atoms with Crippen LogP contribution in [0.1, 0.15) is 16.7 Å². The van der Waals surface area contributed by atoms with E-state index in [0.29, 0.717) is 19.2 Å². The number of rotatable bonds is 2.